The Morgan fingerprint density at radius 3 is 2.67 bits per heavy atom. The Balaban J connectivity index is 3.28. The van der Waals surface area contributed by atoms with Gasteiger partial charge in [-0.3, -0.25) is 4.98 Å². The van der Waals surface area contributed by atoms with Gasteiger partial charge in [0.25, 0.3) is 0 Å². The molecule has 0 spiro atoms. The maximum absolute atomic E-state index is 13.0. The van der Waals surface area contributed by atoms with Crippen LogP contribution in [-0.2, 0) is 0 Å². The number of nitrogens with zero attached hydrogens (tertiary/aromatic N) is 1. The van der Waals surface area contributed by atoms with Crippen molar-refractivity contribution in [2.75, 3.05) is 0 Å². The Kier molecular flexibility index (Phi) is 2.49. The fraction of sp³-hybridized carbons (Fsp3) is 0.167. The van der Waals surface area contributed by atoms with Crippen LogP contribution in [0.5, 0.6) is 0 Å². The molecule has 0 atom stereocenters. The van der Waals surface area contributed by atoms with E-state index < -0.39 is 12.9 Å². The van der Waals surface area contributed by atoms with Crippen molar-refractivity contribution in [3.63, 3.8) is 0 Å². The summed E-state index contributed by atoms with van der Waals surface area (Å²) < 4.78 is 13.0. The standard InChI is InChI=1S/C6H6B2FNO2/c1-3-6(9)4(8(11)12)2-5(7)10-3/h2,11-12H,1H3. The zero-order chi connectivity index (χ0) is 9.30. The van der Waals surface area contributed by atoms with Gasteiger partial charge < -0.3 is 10.0 Å². The highest BCUT2D eigenvalue weighted by Crippen LogP contribution is 1.96. The molecule has 0 unspecified atom stereocenters. The predicted molar refractivity (Wildman–Crippen MR) is 44.1 cm³/mol. The SMILES string of the molecule is [B]c1cc(B(O)O)c(F)c(C)n1. The molecule has 0 saturated heterocycles. The Bertz CT molecular complexity index is 306. The minimum absolute atomic E-state index is 0.0538. The Morgan fingerprint density at radius 2 is 2.17 bits per heavy atom. The second-order valence-corrected chi connectivity index (χ2v) is 2.41. The molecule has 60 valence electrons. The molecule has 2 N–H and O–H groups in total. The summed E-state index contributed by atoms with van der Waals surface area (Å²) in [5.74, 6) is -0.737. The number of rotatable bonds is 1. The highest BCUT2D eigenvalue weighted by molar-refractivity contribution is 6.59. The minimum atomic E-state index is -1.85. The molecule has 3 nitrogen and oxygen atoms in total. The molecular weight excluding hydrogens is 159 g/mol. The maximum Gasteiger partial charge on any atom is 0.491 e. The molecule has 1 heterocycles. The highest BCUT2D eigenvalue weighted by Gasteiger charge is 2.18. The summed E-state index contributed by atoms with van der Waals surface area (Å²) >= 11 is 0. The molecular formula is C6H6B2FNO2. The van der Waals surface area contributed by atoms with E-state index in [0.717, 1.165) is 6.07 Å². The van der Waals surface area contributed by atoms with Crippen molar-refractivity contribution in [2.24, 2.45) is 0 Å². The summed E-state index contributed by atoms with van der Waals surface area (Å²) in [5.41, 5.74) is -0.130. The van der Waals surface area contributed by atoms with Crippen LogP contribution in [0, 0.1) is 12.7 Å². The molecule has 6 heteroatoms. The van der Waals surface area contributed by atoms with Gasteiger partial charge >= 0.3 is 7.12 Å². The quantitative estimate of drug-likeness (QED) is 0.473. The zero-order valence-electron chi connectivity index (χ0n) is 6.45. The number of hydrogen-bond donors (Lipinski definition) is 2. The summed E-state index contributed by atoms with van der Waals surface area (Å²) in [6.07, 6.45) is 0. The van der Waals surface area contributed by atoms with Crippen LogP contribution in [0.1, 0.15) is 5.69 Å². The number of halogens is 1. The van der Waals surface area contributed by atoms with Crippen molar-refractivity contribution in [3.8, 4) is 0 Å². The van der Waals surface area contributed by atoms with E-state index in [1.54, 1.807) is 0 Å². The average Bonchev–Trinajstić information content (AvgIpc) is 1.96. The van der Waals surface area contributed by atoms with Crippen molar-refractivity contribution in [2.45, 2.75) is 6.92 Å². The summed E-state index contributed by atoms with van der Waals surface area (Å²) in [6, 6.07) is 1.09. The largest absolute Gasteiger partial charge is 0.491 e. The Hall–Kier alpha value is -0.870. The van der Waals surface area contributed by atoms with E-state index >= 15 is 0 Å². The monoisotopic (exact) mass is 165 g/mol. The second kappa shape index (κ2) is 3.25. The van der Waals surface area contributed by atoms with E-state index in [0.29, 0.717) is 0 Å². The van der Waals surface area contributed by atoms with Crippen LogP contribution < -0.4 is 11.1 Å². The molecule has 0 saturated carbocycles. The van der Waals surface area contributed by atoms with Gasteiger partial charge in [-0.15, -0.1) is 0 Å². The van der Waals surface area contributed by atoms with Gasteiger partial charge in [-0.2, -0.15) is 0 Å². The van der Waals surface area contributed by atoms with Crippen molar-refractivity contribution in [3.05, 3.63) is 17.6 Å². The highest BCUT2D eigenvalue weighted by atomic mass is 19.1. The third-order valence-corrected chi connectivity index (χ3v) is 1.45. The van der Waals surface area contributed by atoms with Gasteiger partial charge in [0.05, 0.1) is 5.69 Å². The van der Waals surface area contributed by atoms with Crippen molar-refractivity contribution < 1.29 is 14.4 Å². The lowest BCUT2D eigenvalue weighted by atomic mass is 9.78. The maximum atomic E-state index is 13.0. The van der Waals surface area contributed by atoms with Crippen LogP contribution in [0.4, 0.5) is 4.39 Å². The van der Waals surface area contributed by atoms with Gasteiger partial charge in [0.1, 0.15) is 13.7 Å². The minimum Gasteiger partial charge on any atom is -0.423 e. The molecule has 1 rings (SSSR count). The molecule has 0 aliphatic carbocycles. The fourth-order valence-electron chi connectivity index (χ4n) is 0.894. The van der Waals surface area contributed by atoms with E-state index in [9.17, 15) is 4.39 Å². The first-order chi connectivity index (χ1) is 5.52. The molecule has 0 aliphatic heterocycles. The second-order valence-electron chi connectivity index (χ2n) is 2.41. The van der Waals surface area contributed by atoms with Gasteiger partial charge in [0.2, 0.25) is 0 Å². The molecule has 12 heavy (non-hydrogen) atoms. The summed E-state index contributed by atoms with van der Waals surface area (Å²) in [5, 5.41) is 17.4. The van der Waals surface area contributed by atoms with Crippen LogP contribution in [-0.4, -0.2) is 30.0 Å². The molecule has 1 aromatic heterocycles. The van der Waals surface area contributed by atoms with Crippen molar-refractivity contribution in [1.82, 2.24) is 4.98 Å². The predicted octanol–water partition coefficient (Wildman–Crippen LogP) is -2.00. The number of pyridine rings is 1. The lowest BCUT2D eigenvalue weighted by molar-refractivity contribution is 0.422. The lowest BCUT2D eigenvalue weighted by Gasteiger charge is -2.05. The van der Waals surface area contributed by atoms with Gasteiger partial charge in [-0.25, -0.2) is 4.39 Å². The van der Waals surface area contributed by atoms with E-state index in [1.807, 2.05) is 0 Å². The normalized spacial score (nSPS) is 10.0. The lowest BCUT2D eigenvalue weighted by Crippen LogP contribution is -2.37. The molecule has 2 radical (unpaired) electrons. The van der Waals surface area contributed by atoms with Gasteiger partial charge in [0.15, 0.2) is 0 Å². The molecule has 0 amide bonds. The molecule has 0 bridgehead atoms. The smallest absolute Gasteiger partial charge is 0.423 e. The van der Waals surface area contributed by atoms with Gasteiger partial charge in [-0.05, 0) is 18.6 Å². The van der Waals surface area contributed by atoms with Crippen LogP contribution in [0.25, 0.3) is 0 Å². The van der Waals surface area contributed by atoms with Gasteiger partial charge in [-0.1, -0.05) is 0 Å². The van der Waals surface area contributed by atoms with Crippen LogP contribution in [0.15, 0.2) is 6.07 Å². The first-order valence-corrected chi connectivity index (χ1v) is 3.31. The summed E-state index contributed by atoms with van der Waals surface area (Å²) in [4.78, 5) is 3.60. The zero-order valence-corrected chi connectivity index (χ0v) is 6.45. The Labute approximate surface area is 70.8 Å². The van der Waals surface area contributed by atoms with Crippen LogP contribution in [0.2, 0.25) is 0 Å². The topological polar surface area (TPSA) is 53.4 Å². The van der Waals surface area contributed by atoms with Crippen LogP contribution in [0.3, 0.4) is 0 Å². The molecule has 0 fully saturated rings. The van der Waals surface area contributed by atoms with E-state index in [1.165, 1.54) is 6.92 Å². The van der Waals surface area contributed by atoms with Gasteiger partial charge in [0, 0.05) is 5.46 Å². The summed E-state index contributed by atoms with van der Waals surface area (Å²) in [6.45, 7) is 1.40. The number of aryl methyl sites for hydroxylation is 1. The van der Waals surface area contributed by atoms with Crippen LogP contribution >= 0.6 is 0 Å². The third kappa shape index (κ3) is 1.65. The number of aromatic nitrogens is 1. The first kappa shape index (κ1) is 9.22. The van der Waals surface area contributed by atoms with Crippen molar-refractivity contribution in [1.29, 1.82) is 0 Å². The molecule has 1 aromatic rings. The third-order valence-electron chi connectivity index (χ3n) is 1.45. The molecule has 0 aromatic carbocycles. The molecule has 0 aliphatic rings. The van der Waals surface area contributed by atoms with E-state index in [4.69, 9.17) is 17.9 Å². The summed E-state index contributed by atoms with van der Waals surface area (Å²) in [7, 11) is 3.41. The van der Waals surface area contributed by atoms with E-state index in [2.05, 4.69) is 4.98 Å². The van der Waals surface area contributed by atoms with E-state index in [-0.39, 0.29) is 16.8 Å². The Morgan fingerprint density at radius 1 is 1.58 bits per heavy atom. The average molecular weight is 165 g/mol. The van der Waals surface area contributed by atoms with Crippen molar-refractivity contribution >= 4 is 26.0 Å². The first-order valence-electron chi connectivity index (χ1n) is 3.31. The fourth-order valence-corrected chi connectivity index (χ4v) is 0.894. The number of hydrogen-bond acceptors (Lipinski definition) is 3.